The number of hydrogen-bond acceptors (Lipinski definition) is 5. The summed E-state index contributed by atoms with van der Waals surface area (Å²) in [6.07, 6.45) is 4.88. The smallest absolute Gasteiger partial charge is 0.410 e. The molecule has 1 aliphatic carbocycles. The van der Waals surface area contributed by atoms with Crippen molar-refractivity contribution >= 4 is 18.0 Å². The number of ether oxygens (including phenoxy) is 1. The van der Waals surface area contributed by atoms with Crippen LogP contribution in [0.25, 0.3) is 0 Å². The largest absolute Gasteiger partial charge is 0.444 e. The maximum Gasteiger partial charge on any atom is 0.410 e. The molecule has 1 spiro atoms. The van der Waals surface area contributed by atoms with E-state index in [1.165, 1.54) is 5.06 Å². The monoisotopic (exact) mass is 498 g/mol. The van der Waals surface area contributed by atoms with Crippen LogP contribution < -0.4 is 5.32 Å². The predicted octanol–water partition coefficient (Wildman–Crippen LogP) is 3.68. The van der Waals surface area contributed by atoms with Crippen molar-refractivity contribution in [3.05, 3.63) is 35.9 Å². The number of carbonyl (C=O) groups is 3. The van der Waals surface area contributed by atoms with Crippen LogP contribution >= 0.6 is 0 Å². The molecular formula is C27H38N4O5. The van der Waals surface area contributed by atoms with Gasteiger partial charge in [0.2, 0.25) is 5.91 Å². The lowest BCUT2D eigenvalue weighted by atomic mass is 9.60. The van der Waals surface area contributed by atoms with E-state index < -0.39 is 11.6 Å². The summed E-state index contributed by atoms with van der Waals surface area (Å²) in [5.74, 6) is -0.0576. The van der Waals surface area contributed by atoms with E-state index in [1.807, 2.05) is 51.1 Å². The van der Waals surface area contributed by atoms with Gasteiger partial charge < -0.3 is 19.9 Å². The van der Waals surface area contributed by atoms with Gasteiger partial charge in [-0.15, -0.1) is 0 Å². The van der Waals surface area contributed by atoms with Crippen molar-refractivity contribution in [3.8, 4) is 0 Å². The Morgan fingerprint density at radius 2 is 1.78 bits per heavy atom. The summed E-state index contributed by atoms with van der Waals surface area (Å²) < 4.78 is 5.50. The van der Waals surface area contributed by atoms with Gasteiger partial charge in [-0.1, -0.05) is 30.3 Å². The molecule has 0 unspecified atom stereocenters. The molecule has 196 valence electrons. The molecule has 9 nitrogen and oxygen atoms in total. The van der Waals surface area contributed by atoms with E-state index >= 15 is 0 Å². The second-order valence-electron chi connectivity index (χ2n) is 11.8. The van der Waals surface area contributed by atoms with Gasteiger partial charge in [0, 0.05) is 25.7 Å². The summed E-state index contributed by atoms with van der Waals surface area (Å²) in [6.45, 7) is 7.90. The van der Waals surface area contributed by atoms with Gasteiger partial charge in [0.1, 0.15) is 18.2 Å². The van der Waals surface area contributed by atoms with Crippen molar-refractivity contribution in [2.75, 3.05) is 19.6 Å². The summed E-state index contributed by atoms with van der Waals surface area (Å²) in [5.41, 5.74) is 0.713. The second-order valence-corrected chi connectivity index (χ2v) is 11.8. The zero-order valence-electron chi connectivity index (χ0n) is 21.6. The van der Waals surface area contributed by atoms with Crippen LogP contribution in [0.1, 0.15) is 64.9 Å². The van der Waals surface area contributed by atoms with Crippen LogP contribution in [0, 0.1) is 5.41 Å². The highest BCUT2D eigenvalue weighted by atomic mass is 16.7. The molecular weight excluding hydrogens is 460 g/mol. The SMILES string of the molecule is CC(C)(C)OC(=O)N1CCC2(CC1)CC(NC(=O)[C@@H]1CC[C@@H]3CN1C(=O)N3OCc1ccccc1)C2. The highest BCUT2D eigenvalue weighted by Gasteiger charge is 2.51. The average molecular weight is 499 g/mol. The fourth-order valence-corrected chi connectivity index (χ4v) is 6.07. The topological polar surface area (TPSA) is 91.4 Å². The molecule has 36 heavy (non-hydrogen) atoms. The van der Waals surface area contributed by atoms with E-state index in [1.54, 1.807) is 9.80 Å². The van der Waals surface area contributed by atoms with Gasteiger partial charge in [-0.05, 0) is 70.3 Å². The van der Waals surface area contributed by atoms with Gasteiger partial charge >= 0.3 is 12.1 Å². The van der Waals surface area contributed by atoms with Crippen LogP contribution in [0.4, 0.5) is 9.59 Å². The first-order valence-electron chi connectivity index (χ1n) is 13.2. The number of amides is 4. The number of rotatable bonds is 5. The third-order valence-electron chi connectivity index (χ3n) is 8.02. The Balaban J connectivity index is 1.08. The summed E-state index contributed by atoms with van der Waals surface area (Å²) in [7, 11) is 0. The van der Waals surface area contributed by atoms with Gasteiger partial charge in [0.25, 0.3) is 0 Å². The number of piperidine rings is 2. The molecule has 4 aliphatic rings. The van der Waals surface area contributed by atoms with E-state index in [0.29, 0.717) is 32.7 Å². The van der Waals surface area contributed by atoms with E-state index in [0.717, 1.165) is 37.7 Å². The first-order chi connectivity index (χ1) is 17.1. The number of urea groups is 1. The second kappa shape index (κ2) is 9.57. The van der Waals surface area contributed by atoms with Gasteiger partial charge in [-0.3, -0.25) is 9.63 Å². The number of likely N-dealkylation sites (tertiary alicyclic amines) is 1. The lowest BCUT2D eigenvalue weighted by Crippen LogP contribution is -2.59. The molecule has 4 amide bonds. The minimum Gasteiger partial charge on any atom is -0.444 e. The molecule has 3 saturated heterocycles. The number of fused-ring (bicyclic) bond motifs is 2. The molecule has 3 aliphatic heterocycles. The van der Waals surface area contributed by atoms with Crippen molar-refractivity contribution in [2.24, 2.45) is 5.41 Å². The molecule has 1 saturated carbocycles. The normalized spacial score (nSPS) is 25.6. The van der Waals surface area contributed by atoms with Gasteiger partial charge in [0.05, 0.1) is 6.04 Å². The Labute approximate surface area is 213 Å². The molecule has 4 fully saturated rings. The zero-order valence-corrected chi connectivity index (χ0v) is 21.6. The van der Waals surface area contributed by atoms with Gasteiger partial charge in [-0.2, -0.15) is 5.06 Å². The van der Waals surface area contributed by atoms with Crippen LogP contribution in [0.15, 0.2) is 30.3 Å². The van der Waals surface area contributed by atoms with Crippen LogP contribution in [0.3, 0.4) is 0 Å². The van der Waals surface area contributed by atoms with Gasteiger partial charge in [-0.25, -0.2) is 9.59 Å². The molecule has 1 N–H and O–H groups in total. The standard InChI is InChI=1S/C27H38N4O5/c1-26(2,3)36-25(34)29-13-11-27(12-14-29)15-20(16-27)28-23(32)22-10-9-21-17-30(22)24(33)31(21)35-18-19-7-5-4-6-8-19/h4-8,20-22H,9-18H2,1-3H3,(H,28,32)/t21-,22+/m1/s1. The Morgan fingerprint density at radius 1 is 1.08 bits per heavy atom. The van der Waals surface area contributed by atoms with Crippen molar-refractivity contribution in [3.63, 3.8) is 0 Å². The number of carbonyl (C=O) groups excluding carboxylic acids is 3. The van der Waals surface area contributed by atoms with E-state index in [2.05, 4.69) is 5.32 Å². The maximum absolute atomic E-state index is 13.1. The van der Waals surface area contributed by atoms with Crippen LogP contribution in [-0.4, -0.2) is 76.3 Å². The highest BCUT2D eigenvalue weighted by Crippen LogP contribution is 2.49. The summed E-state index contributed by atoms with van der Waals surface area (Å²) >= 11 is 0. The van der Waals surface area contributed by atoms with Crippen molar-refractivity contribution in [1.82, 2.24) is 20.2 Å². The quantitative estimate of drug-likeness (QED) is 0.669. The molecule has 2 bridgehead atoms. The Bertz CT molecular complexity index is 978. The lowest BCUT2D eigenvalue weighted by molar-refractivity contribution is -0.140. The van der Waals surface area contributed by atoms with Crippen LogP contribution in [-0.2, 0) is 21.0 Å². The predicted molar refractivity (Wildman–Crippen MR) is 133 cm³/mol. The fraction of sp³-hybridized carbons (Fsp3) is 0.667. The van der Waals surface area contributed by atoms with Crippen molar-refractivity contribution in [1.29, 1.82) is 0 Å². The summed E-state index contributed by atoms with van der Waals surface area (Å²) in [4.78, 5) is 47.8. The number of nitrogens with zero attached hydrogens (tertiary/aromatic N) is 3. The molecule has 9 heteroatoms. The van der Waals surface area contributed by atoms with Crippen molar-refractivity contribution in [2.45, 2.75) is 89.6 Å². The fourth-order valence-electron chi connectivity index (χ4n) is 6.07. The minimum atomic E-state index is -0.487. The first-order valence-corrected chi connectivity index (χ1v) is 13.2. The summed E-state index contributed by atoms with van der Waals surface area (Å²) in [5, 5.41) is 4.67. The Hall–Kier alpha value is -2.81. The molecule has 0 aromatic heterocycles. The third-order valence-corrected chi connectivity index (χ3v) is 8.02. The molecule has 1 aromatic rings. The van der Waals surface area contributed by atoms with Crippen molar-refractivity contribution < 1.29 is 24.0 Å². The number of hydrogen-bond donors (Lipinski definition) is 1. The molecule has 2 atom stereocenters. The minimum absolute atomic E-state index is 0.00704. The highest BCUT2D eigenvalue weighted by molar-refractivity contribution is 5.88. The molecule has 1 aromatic carbocycles. The van der Waals surface area contributed by atoms with E-state index in [4.69, 9.17) is 9.57 Å². The zero-order chi connectivity index (χ0) is 25.5. The third kappa shape index (κ3) is 5.16. The Morgan fingerprint density at radius 3 is 2.44 bits per heavy atom. The average Bonchev–Trinajstić information content (AvgIpc) is 3.05. The maximum atomic E-state index is 13.1. The van der Waals surface area contributed by atoms with Gasteiger partial charge in [0.15, 0.2) is 0 Å². The van der Waals surface area contributed by atoms with E-state index in [-0.39, 0.29) is 35.5 Å². The van der Waals surface area contributed by atoms with Crippen LogP contribution in [0.2, 0.25) is 0 Å². The number of nitrogens with one attached hydrogen (secondary N) is 1. The molecule has 0 radical (unpaired) electrons. The van der Waals surface area contributed by atoms with E-state index in [9.17, 15) is 14.4 Å². The van der Waals surface area contributed by atoms with Crippen LogP contribution in [0.5, 0.6) is 0 Å². The summed E-state index contributed by atoms with van der Waals surface area (Å²) in [6, 6.07) is 9.25. The first kappa shape index (κ1) is 24.9. The molecule has 5 rings (SSSR count). The Kier molecular flexibility index (Phi) is 6.61. The molecule has 3 heterocycles. The number of benzene rings is 1. The lowest BCUT2D eigenvalue weighted by Gasteiger charge is -2.52. The number of hydroxylamine groups is 2.